The second-order valence-electron chi connectivity index (χ2n) is 5.15. The number of hydrogen-bond acceptors (Lipinski definition) is 5. The van der Waals surface area contributed by atoms with E-state index in [1.54, 1.807) is 0 Å². The van der Waals surface area contributed by atoms with E-state index in [1.165, 1.54) is 26.2 Å². The second-order valence-corrected chi connectivity index (χ2v) is 5.15. The molecule has 0 radical (unpaired) electrons. The molecule has 0 N–H and O–H groups in total. The van der Waals surface area contributed by atoms with Gasteiger partial charge in [-0.2, -0.15) is 0 Å². The first-order valence-electron chi connectivity index (χ1n) is 8.11. The van der Waals surface area contributed by atoms with E-state index in [9.17, 15) is 9.59 Å². The van der Waals surface area contributed by atoms with Crippen molar-refractivity contribution < 1.29 is 23.8 Å². The summed E-state index contributed by atoms with van der Waals surface area (Å²) in [5.74, 6) is -0.528. The van der Waals surface area contributed by atoms with Gasteiger partial charge in [0.15, 0.2) is 6.10 Å². The molecule has 0 aromatic rings. The third-order valence-electron chi connectivity index (χ3n) is 3.06. The number of rotatable bonds is 12. The lowest BCUT2D eigenvalue weighted by Crippen LogP contribution is -2.27. The quantitative estimate of drug-likeness (QED) is 0.399. The molecule has 21 heavy (non-hydrogen) atoms. The number of hydrogen-bond donors (Lipinski definition) is 0. The summed E-state index contributed by atoms with van der Waals surface area (Å²) in [7, 11) is 0. The van der Waals surface area contributed by atoms with E-state index < -0.39 is 18.2 Å². The first-order chi connectivity index (χ1) is 10.1. The maximum Gasteiger partial charge on any atom is 0.509 e. The molecular formula is C16H30O5. The van der Waals surface area contributed by atoms with Gasteiger partial charge < -0.3 is 14.2 Å². The van der Waals surface area contributed by atoms with Gasteiger partial charge >= 0.3 is 12.1 Å². The molecule has 0 heterocycles. The minimum atomic E-state index is -0.918. The predicted molar refractivity (Wildman–Crippen MR) is 81.1 cm³/mol. The van der Waals surface area contributed by atoms with E-state index in [-0.39, 0.29) is 0 Å². The van der Waals surface area contributed by atoms with Gasteiger partial charge in [0, 0.05) is 0 Å². The molecule has 0 aliphatic rings. The van der Waals surface area contributed by atoms with Crippen molar-refractivity contribution in [3.05, 3.63) is 0 Å². The van der Waals surface area contributed by atoms with Crippen LogP contribution >= 0.6 is 0 Å². The Morgan fingerprint density at radius 1 is 0.810 bits per heavy atom. The molecule has 0 aliphatic heterocycles. The molecule has 0 spiro atoms. The minimum Gasteiger partial charge on any atom is -0.463 e. The van der Waals surface area contributed by atoms with E-state index in [2.05, 4.69) is 6.92 Å². The lowest BCUT2D eigenvalue weighted by atomic mass is 10.1. The molecule has 0 aliphatic carbocycles. The van der Waals surface area contributed by atoms with Crippen molar-refractivity contribution in [1.29, 1.82) is 0 Å². The van der Waals surface area contributed by atoms with Crippen LogP contribution in [-0.2, 0) is 19.0 Å². The van der Waals surface area contributed by atoms with Crippen molar-refractivity contribution in [2.45, 2.75) is 78.2 Å². The molecular weight excluding hydrogens is 272 g/mol. The third-order valence-corrected chi connectivity index (χ3v) is 3.06. The van der Waals surface area contributed by atoms with Crippen LogP contribution in [0.3, 0.4) is 0 Å². The zero-order chi connectivity index (χ0) is 15.9. The van der Waals surface area contributed by atoms with Gasteiger partial charge in [-0.1, -0.05) is 52.4 Å². The van der Waals surface area contributed by atoms with Crippen LogP contribution in [0.1, 0.15) is 72.1 Å². The molecule has 0 fully saturated rings. The predicted octanol–water partition coefficient (Wildman–Crippen LogP) is 4.23. The fourth-order valence-corrected chi connectivity index (χ4v) is 1.70. The second kappa shape index (κ2) is 13.7. The number of carbonyl (C=O) groups excluding carboxylic acids is 2. The van der Waals surface area contributed by atoms with Crippen LogP contribution in [0.2, 0.25) is 0 Å². The van der Waals surface area contributed by atoms with Crippen molar-refractivity contribution >= 4 is 12.1 Å². The van der Waals surface area contributed by atoms with Crippen molar-refractivity contribution in [3.63, 3.8) is 0 Å². The van der Waals surface area contributed by atoms with Gasteiger partial charge in [0.1, 0.15) is 0 Å². The van der Waals surface area contributed by atoms with Crippen LogP contribution in [0.4, 0.5) is 4.79 Å². The maximum atomic E-state index is 11.5. The topological polar surface area (TPSA) is 61.8 Å². The Morgan fingerprint density at radius 3 is 2.05 bits per heavy atom. The van der Waals surface area contributed by atoms with Crippen LogP contribution in [-0.4, -0.2) is 31.4 Å². The third kappa shape index (κ3) is 12.2. The average Bonchev–Trinajstić information content (AvgIpc) is 2.46. The van der Waals surface area contributed by atoms with Gasteiger partial charge in [-0.15, -0.1) is 0 Å². The highest BCUT2D eigenvalue weighted by Gasteiger charge is 2.19. The number of unbranched alkanes of at least 4 members (excludes halogenated alkanes) is 6. The maximum absolute atomic E-state index is 11.5. The summed E-state index contributed by atoms with van der Waals surface area (Å²) in [6.07, 6.45) is 6.76. The summed E-state index contributed by atoms with van der Waals surface area (Å²) in [6, 6.07) is 0. The van der Waals surface area contributed by atoms with E-state index in [0.717, 1.165) is 32.1 Å². The summed E-state index contributed by atoms with van der Waals surface area (Å²) < 4.78 is 14.7. The summed E-state index contributed by atoms with van der Waals surface area (Å²) in [5, 5.41) is 0. The van der Waals surface area contributed by atoms with Crippen molar-refractivity contribution in [2.24, 2.45) is 0 Å². The van der Waals surface area contributed by atoms with Gasteiger partial charge in [-0.05, 0) is 19.8 Å². The van der Waals surface area contributed by atoms with E-state index >= 15 is 0 Å². The Balaban J connectivity index is 3.57. The highest BCUT2D eigenvalue weighted by molar-refractivity contribution is 5.76. The number of carbonyl (C=O) groups is 2. The molecule has 5 nitrogen and oxygen atoms in total. The van der Waals surface area contributed by atoms with Crippen molar-refractivity contribution in [1.82, 2.24) is 0 Å². The molecule has 0 bridgehead atoms. The smallest absolute Gasteiger partial charge is 0.463 e. The highest BCUT2D eigenvalue weighted by Crippen LogP contribution is 2.06. The SMILES string of the molecule is CCCCCCCCOC(=O)O[C@H](C)C(=O)OCCCC. The van der Waals surface area contributed by atoms with E-state index in [1.807, 2.05) is 6.92 Å². The Hall–Kier alpha value is -1.26. The molecule has 0 aromatic carbocycles. The summed E-state index contributed by atoms with van der Waals surface area (Å²) in [5.41, 5.74) is 0. The summed E-state index contributed by atoms with van der Waals surface area (Å²) in [4.78, 5) is 22.8. The van der Waals surface area contributed by atoms with Gasteiger partial charge in [-0.3, -0.25) is 0 Å². The lowest BCUT2D eigenvalue weighted by Gasteiger charge is -2.12. The first-order valence-corrected chi connectivity index (χ1v) is 8.11. The van der Waals surface area contributed by atoms with Crippen LogP contribution < -0.4 is 0 Å². The van der Waals surface area contributed by atoms with Gasteiger partial charge in [0.25, 0.3) is 0 Å². The molecule has 0 unspecified atom stereocenters. The Morgan fingerprint density at radius 2 is 1.38 bits per heavy atom. The fraction of sp³-hybridized carbons (Fsp3) is 0.875. The van der Waals surface area contributed by atoms with Crippen LogP contribution in [0.25, 0.3) is 0 Å². The molecule has 5 heteroatoms. The fourth-order valence-electron chi connectivity index (χ4n) is 1.70. The summed E-state index contributed by atoms with van der Waals surface area (Å²) in [6.45, 7) is 6.36. The highest BCUT2D eigenvalue weighted by atomic mass is 16.7. The molecule has 124 valence electrons. The average molecular weight is 302 g/mol. The van der Waals surface area contributed by atoms with E-state index in [0.29, 0.717) is 13.2 Å². The van der Waals surface area contributed by atoms with Gasteiger partial charge in [-0.25, -0.2) is 9.59 Å². The Bertz CT molecular complexity index is 278. The Labute approximate surface area is 128 Å². The monoisotopic (exact) mass is 302 g/mol. The van der Waals surface area contributed by atoms with Crippen LogP contribution in [0.15, 0.2) is 0 Å². The largest absolute Gasteiger partial charge is 0.509 e. The zero-order valence-corrected chi connectivity index (χ0v) is 13.7. The van der Waals surface area contributed by atoms with E-state index in [4.69, 9.17) is 14.2 Å². The normalized spacial score (nSPS) is 11.8. The van der Waals surface area contributed by atoms with Crippen molar-refractivity contribution in [3.8, 4) is 0 Å². The Kier molecular flexibility index (Phi) is 12.9. The van der Waals surface area contributed by atoms with Gasteiger partial charge in [0.05, 0.1) is 13.2 Å². The number of esters is 1. The lowest BCUT2D eigenvalue weighted by molar-refractivity contribution is -0.154. The molecule has 0 saturated carbocycles. The standard InChI is InChI=1S/C16H30O5/c1-4-6-8-9-10-11-13-20-16(18)21-14(3)15(17)19-12-7-5-2/h14H,4-13H2,1-3H3/t14-/m1/s1. The number of ether oxygens (including phenoxy) is 3. The minimum absolute atomic E-state index is 0.336. The van der Waals surface area contributed by atoms with Crippen molar-refractivity contribution in [2.75, 3.05) is 13.2 Å². The molecule has 0 aromatic heterocycles. The zero-order valence-electron chi connectivity index (χ0n) is 13.7. The molecule has 0 amide bonds. The first kappa shape index (κ1) is 19.7. The summed E-state index contributed by atoms with van der Waals surface area (Å²) >= 11 is 0. The molecule has 0 rings (SSSR count). The van der Waals surface area contributed by atoms with Gasteiger partial charge in [0.2, 0.25) is 0 Å². The van der Waals surface area contributed by atoms with Crippen LogP contribution in [0, 0.1) is 0 Å². The molecule has 1 atom stereocenters. The van der Waals surface area contributed by atoms with Crippen LogP contribution in [0.5, 0.6) is 0 Å². The molecule has 0 saturated heterocycles.